The summed E-state index contributed by atoms with van der Waals surface area (Å²) in [5.74, 6) is 0.871. The normalized spacial score (nSPS) is 15.7. The van der Waals surface area contributed by atoms with Crippen LogP contribution in [0.5, 0.6) is 0 Å². The smallest absolute Gasteiger partial charge is 0.321 e. The molecular weight excluding hydrogens is 282 g/mol. The highest BCUT2D eigenvalue weighted by Gasteiger charge is 2.27. The van der Waals surface area contributed by atoms with Crippen molar-refractivity contribution in [3.05, 3.63) is 24.4 Å². The lowest BCUT2D eigenvalue weighted by molar-refractivity contribution is -0.892. The lowest BCUT2D eigenvalue weighted by atomic mass is 10.3. The van der Waals surface area contributed by atoms with E-state index in [1.54, 1.807) is 0 Å². The van der Waals surface area contributed by atoms with E-state index in [9.17, 15) is 9.59 Å². The minimum Gasteiger partial charge on any atom is -0.336 e. The Morgan fingerprint density at radius 2 is 2.05 bits per heavy atom. The fourth-order valence-corrected chi connectivity index (χ4v) is 2.52. The third-order valence-corrected chi connectivity index (χ3v) is 3.59. The van der Waals surface area contributed by atoms with Crippen LogP contribution in [0.4, 0.5) is 10.6 Å². The summed E-state index contributed by atoms with van der Waals surface area (Å²) in [6.45, 7) is 7.58. The molecule has 4 N–H and O–H groups in total. The molecule has 0 unspecified atom stereocenters. The maximum Gasteiger partial charge on any atom is 0.321 e. The molecule has 0 bridgehead atoms. The summed E-state index contributed by atoms with van der Waals surface area (Å²) in [6, 6.07) is 5.61. The van der Waals surface area contributed by atoms with Crippen LogP contribution in [-0.4, -0.2) is 50.7 Å². The highest BCUT2D eigenvalue weighted by Crippen LogP contribution is 2.04. The number of piperazine rings is 1. The number of nitrogens with zero attached hydrogens (tertiary/aromatic N) is 1. The summed E-state index contributed by atoms with van der Waals surface area (Å²) < 4.78 is 0. The summed E-state index contributed by atoms with van der Waals surface area (Å²) in [5.41, 5.74) is 0. The zero-order chi connectivity index (χ0) is 15.9. The standard InChI is InChI=1S/C15H23N5O2/c1-12(2)17-15(22)18-14(21)11-19-7-9-20(10-8-19)13-5-3-4-6-16-13/h3-6,12H,7-11H2,1-2H3,(H2,17,18,21,22)/p+2. The van der Waals surface area contributed by atoms with Crippen LogP contribution in [0.15, 0.2) is 24.4 Å². The minimum absolute atomic E-state index is 0.0193. The van der Waals surface area contributed by atoms with Crippen molar-refractivity contribution in [2.45, 2.75) is 19.9 Å². The Hall–Kier alpha value is -2.15. The van der Waals surface area contributed by atoms with Gasteiger partial charge in [0.25, 0.3) is 11.7 Å². The van der Waals surface area contributed by atoms with Gasteiger partial charge in [-0.25, -0.2) is 9.78 Å². The molecule has 1 fully saturated rings. The van der Waals surface area contributed by atoms with E-state index < -0.39 is 6.03 Å². The maximum atomic E-state index is 11.8. The molecule has 0 aromatic carbocycles. The number of hydrogen-bond donors (Lipinski definition) is 3. The minimum atomic E-state index is -0.420. The lowest BCUT2D eigenvalue weighted by Gasteiger charge is -2.27. The predicted molar refractivity (Wildman–Crippen MR) is 82.6 cm³/mol. The summed E-state index contributed by atoms with van der Waals surface area (Å²) in [6.07, 6.45) is 1.91. The van der Waals surface area contributed by atoms with Crippen molar-refractivity contribution in [3.8, 4) is 0 Å². The predicted octanol–water partition coefficient (Wildman–Crippen LogP) is -1.56. The fourth-order valence-electron chi connectivity index (χ4n) is 2.52. The van der Waals surface area contributed by atoms with E-state index in [4.69, 9.17) is 0 Å². The summed E-state index contributed by atoms with van der Waals surface area (Å²) in [4.78, 5) is 30.0. The molecule has 3 amide bonds. The Labute approximate surface area is 130 Å². The molecule has 1 aromatic heterocycles. The number of hydrogen-bond acceptors (Lipinski definition) is 3. The molecule has 1 saturated heterocycles. The average molecular weight is 307 g/mol. The molecule has 120 valence electrons. The van der Waals surface area contributed by atoms with Gasteiger partial charge in [0, 0.05) is 12.1 Å². The van der Waals surface area contributed by atoms with Crippen molar-refractivity contribution in [3.63, 3.8) is 0 Å². The lowest BCUT2D eigenvalue weighted by Crippen LogP contribution is -3.16. The number of aromatic nitrogens is 1. The molecule has 0 atom stereocenters. The van der Waals surface area contributed by atoms with E-state index in [2.05, 4.69) is 20.5 Å². The number of aromatic amines is 1. The van der Waals surface area contributed by atoms with Crippen LogP contribution in [0.1, 0.15) is 13.8 Å². The number of quaternary nitrogens is 1. The first-order valence-electron chi connectivity index (χ1n) is 7.70. The van der Waals surface area contributed by atoms with Crippen molar-refractivity contribution in [2.24, 2.45) is 0 Å². The zero-order valence-corrected chi connectivity index (χ0v) is 13.2. The molecule has 2 heterocycles. The van der Waals surface area contributed by atoms with Crippen LogP contribution in [0.3, 0.4) is 0 Å². The van der Waals surface area contributed by atoms with Crippen molar-refractivity contribution < 1.29 is 19.5 Å². The number of urea groups is 1. The van der Waals surface area contributed by atoms with Gasteiger partial charge in [0.05, 0.1) is 6.20 Å². The van der Waals surface area contributed by atoms with Gasteiger partial charge in [-0.3, -0.25) is 15.0 Å². The van der Waals surface area contributed by atoms with Gasteiger partial charge >= 0.3 is 6.03 Å². The Bertz CT molecular complexity index is 498. The third-order valence-electron chi connectivity index (χ3n) is 3.59. The Balaban J connectivity index is 1.73. The third kappa shape index (κ3) is 5.00. The number of rotatable bonds is 4. The van der Waals surface area contributed by atoms with Gasteiger partial charge in [0.2, 0.25) is 0 Å². The van der Waals surface area contributed by atoms with E-state index >= 15 is 0 Å². The van der Waals surface area contributed by atoms with E-state index in [-0.39, 0.29) is 11.9 Å². The van der Waals surface area contributed by atoms with E-state index in [1.807, 2.05) is 38.2 Å². The van der Waals surface area contributed by atoms with E-state index in [1.165, 1.54) is 4.90 Å². The first kappa shape index (κ1) is 16.2. The van der Waals surface area contributed by atoms with E-state index in [0.717, 1.165) is 32.0 Å². The largest absolute Gasteiger partial charge is 0.336 e. The second-order valence-electron chi connectivity index (χ2n) is 5.84. The highest BCUT2D eigenvalue weighted by molar-refractivity contribution is 5.94. The monoisotopic (exact) mass is 307 g/mol. The number of carbonyl (C=O) groups is 2. The number of imide groups is 1. The topological polar surface area (TPSA) is 80.0 Å². The molecule has 0 spiro atoms. The molecule has 0 saturated carbocycles. The summed E-state index contributed by atoms with van der Waals surface area (Å²) in [7, 11) is 0. The number of anilines is 1. The number of carbonyl (C=O) groups excluding carboxylic acids is 2. The van der Waals surface area contributed by atoms with Crippen LogP contribution < -0.4 is 25.4 Å². The molecule has 22 heavy (non-hydrogen) atoms. The second kappa shape index (κ2) is 7.74. The van der Waals surface area contributed by atoms with Gasteiger partial charge in [-0.15, -0.1) is 0 Å². The average Bonchev–Trinajstić information content (AvgIpc) is 2.47. The van der Waals surface area contributed by atoms with Crippen LogP contribution in [0.2, 0.25) is 0 Å². The first-order chi connectivity index (χ1) is 10.5. The molecule has 2 rings (SSSR count). The van der Waals surface area contributed by atoms with Gasteiger partial charge < -0.3 is 10.2 Å². The summed E-state index contributed by atoms with van der Waals surface area (Å²) >= 11 is 0. The molecular formula is C15H25N5O2+2. The number of amides is 3. The molecule has 1 aliphatic rings. The Kier molecular flexibility index (Phi) is 5.71. The van der Waals surface area contributed by atoms with Gasteiger partial charge in [-0.1, -0.05) is 6.07 Å². The van der Waals surface area contributed by atoms with Crippen LogP contribution in [-0.2, 0) is 4.79 Å². The van der Waals surface area contributed by atoms with Gasteiger partial charge in [0.15, 0.2) is 6.54 Å². The van der Waals surface area contributed by atoms with Gasteiger partial charge in [0.1, 0.15) is 26.2 Å². The van der Waals surface area contributed by atoms with E-state index in [0.29, 0.717) is 6.54 Å². The molecule has 7 heteroatoms. The van der Waals surface area contributed by atoms with Gasteiger partial charge in [-0.05, 0) is 19.9 Å². The fraction of sp³-hybridized carbons (Fsp3) is 0.533. The molecule has 1 aliphatic heterocycles. The molecule has 0 radical (unpaired) electrons. The Morgan fingerprint density at radius 3 is 2.64 bits per heavy atom. The number of nitrogens with one attached hydrogen (secondary N) is 4. The van der Waals surface area contributed by atoms with Crippen LogP contribution in [0.25, 0.3) is 0 Å². The molecule has 7 nitrogen and oxygen atoms in total. The van der Waals surface area contributed by atoms with Crippen molar-refractivity contribution in [2.75, 3.05) is 37.6 Å². The zero-order valence-electron chi connectivity index (χ0n) is 13.2. The number of pyridine rings is 1. The van der Waals surface area contributed by atoms with Crippen LogP contribution >= 0.6 is 0 Å². The number of H-pyrrole nitrogens is 1. The van der Waals surface area contributed by atoms with Crippen molar-refractivity contribution >= 4 is 17.8 Å². The molecule has 0 aliphatic carbocycles. The van der Waals surface area contributed by atoms with Crippen molar-refractivity contribution in [1.29, 1.82) is 0 Å². The summed E-state index contributed by atoms with van der Waals surface area (Å²) in [5, 5.41) is 5.02. The van der Waals surface area contributed by atoms with Crippen LogP contribution in [0, 0.1) is 0 Å². The second-order valence-corrected chi connectivity index (χ2v) is 5.84. The van der Waals surface area contributed by atoms with Crippen molar-refractivity contribution in [1.82, 2.24) is 10.6 Å². The van der Waals surface area contributed by atoms with Gasteiger partial charge in [-0.2, -0.15) is 0 Å². The SMILES string of the molecule is CC(C)NC(=O)NC(=O)C[NH+]1CCN(c2cccc[nH+]2)CC1. The first-order valence-corrected chi connectivity index (χ1v) is 7.70. The maximum absolute atomic E-state index is 11.8. The molecule has 1 aromatic rings. The quantitative estimate of drug-likeness (QED) is 0.629. The Morgan fingerprint density at radius 1 is 1.32 bits per heavy atom. The highest BCUT2D eigenvalue weighted by atomic mass is 16.2.